The lowest BCUT2D eigenvalue weighted by molar-refractivity contribution is -0.186. The monoisotopic (exact) mass is 556 g/mol. The minimum absolute atomic E-state index is 0.000187. The highest BCUT2D eigenvalue weighted by Crippen LogP contribution is 2.68. The van der Waals surface area contributed by atoms with E-state index in [1.165, 1.54) is 0 Å². The summed E-state index contributed by atoms with van der Waals surface area (Å²) in [7, 11) is 0. The van der Waals surface area contributed by atoms with E-state index in [0.29, 0.717) is 6.42 Å². The third-order valence-corrected chi connectivity index (χ3v) is 10.8. The van der Waals surface area contributed by atoms with Gasteiger partial charge in [-0.25, -0.2) is 4.79 Å². The summed E-state index contributed by atoms with van der Waals surface area (Å²) in [4.78, 5) is 51.5. The van der Waals surface area contributed by atoms with E-state index in [-0.39, 0.29) is 60.8 Å². The summed E-state index contributed by atoms with van der Waals surface area (Å²) >= 11 is 0. The largest absolute Gasteiger partial charge is 0.509 e. The van der Waals surface area contributed by atoms with Gasteiger partial charge in [-0.1, -0.05) is 45.8 Å². The number of aliphatic hydroxyl groups is 1. The van der Waals surface area contributed by atoms with Crippen LogP contribution >= 0.6 is 0 Å². The number of fused-ring (bicyclic) bond motifs is 5. The van der Waals surface area contributed by atoms with Crippen molar-refractivity contribution in [3.63, 3.8) is 0 Å². The molecule has 5 aliphatic rings. The van der Waals surface area contributed by atoms with Crippen LogP contribution in [0.15, 0.2) is 23.8 Å². The molecule has 220 valence electrons. The molecular weight excluding hydrogens is 512 g/mol. The fraction of sp³-hybridized carbons (Fsp3) is 0.750. The number of Topliss-reactive ketones (excluding diaryl/α,β-unsaturated/α-hetero) is 1. The second kappa shape index (κ2) is 10.7. The number of carbonyl (C=O) groups excluding carboxylic acids is 4. The van der Waals surface area contributed by atoms with Crippen LogP contribution in [0.5, 0.6) is 0 Å². The van der Waals surface area contributed by atoms with Gasteiger partial charge < -0.3 is 19.3 Å². The number of ketones is 2. The van der Waals surface area contributed by atoms with Crippen LogP contribution in [0.2, 0.25) is 0 Å². The molecule has 5 aliphatic carbocycles. The first-order chi connectivity index (χ1) is 18.9. The topological polar surface area (TPSA) is 116 Å². The zero-order valence-electron chi connectivity index (χ0n) is 24.3. The van der Waals surface area contributed by atoms with E-state index >= 15 is 0 Å². The molecule has 4 saturated carbocycles. The second-order valence-corrected chi connectivity index (χ2v) is 13.4. The minimum atomic E-state index is -1.56. The van der Waals surface area contributed by atoms with Gasteiger partial charge in [0.05, 0.1) is 18.6 Å². The number of aliphatic hydroxyl groups excluding tert-OH is 1. The third kappa shape index (κ3) is 4.84. The second-order valence-electron chi connectivity index (χ2n) is 13.4. The van der Waals surface area contributed by atoms with Crippen molar-refractivity contribution in [1.29, 1.82) is 0 Å². The zero-order valence-corrected chi connectivity index (χ0v) is 24.3. The molecule has 1 N–H and O–H groups in total. The van der Waals surface area contributed by atoms with Crippen LogP contribution in [0.4, 0.5) is 4.79 Å². The Hall–Kier alpha value is -2.48. The number of hydrogen-bond donors (Lipinski definition) is 1. The molecular formula is C32H44O8. The first kappa shape index (κ1) is 29.0. The maximum Gasteiger partial charge on any atom is 0.509 e. The summed E-state index contributed by atoms with van der Waals surface area (Å²) < 4.78 is 17.0. The lowest BCUT2D eigenvalue weighted by atomic mass is 9.46. The summed E-state index contributed by atoms with van der Waals surface area (Å²) in [5.74, 6) is -0.889. The van der Waals surface area contributed by atoms with Crippen molar-refractivity contribution in [2.24, 2.45) is 40.4 Å². The first-order valence-electron chi connectivity index (χ1n) is 15.1. The van der Waals surface area contributed by atoms with Crippen molar-refractivity contribution < 1.29 is 38.5 Å². The predicted molar refractivity (Wildman–Crippen MR) is 146 cm³/mol. The van der Waals surface area contributed by atoms with Gasteiger partial charge in [0.2, 0.25) is 5.78 Å². The van der Waals surface area contributed by atoms with Gasteiger partial charge in [-0.2, -0.15) is 0 Å². The number of esters is 1. The van der Waals surface area contributed by atoms with Crippen molar-refractivity contribution in [3.05, 3.63) is 23.8 Å². The molecule has 0 aromatic rings. The lowest BCUT2D eigenvalue weighted by Gasteiger charge is -2.59. The van der Waals surface area contributed by atoms with Crippen molar-refractivity contribution in [3.8, 4) is 0 Å². The van der Waals surface area contributed by atoms with Crippen molar-refractivity contribution in [2.75, 3.05) is 13.2 Å². The molecule has 0 aromatic heterocycles. The molecule has 0 amide bonds. The third-order valence-electron chi connectivity index (χ3n) is 10.8. The van der Waals surface area contributed by atoms with E-state index in [0.717, 1.165) is 44.1 Å². The SMILES string of the molecule is CCCC(C)COC(=O)O[C@]1(C(=O)COC(=O)C2CC2)CC[C@H]2[C@@H]3CCC4=CC(=O)C=C[C@]4(C)[C@H]3C(O)C[C@@]21C. The molecule has 0 heterocycles. The molecule has 0 saturated heterocycles. The molecule has 8 heteroatoms. The van der Waals surface area contributed by atoms with E-state index in [9.17, 15) is 24.3 Å². The molecule has 0 radical (unpaired) electrons. The van der Waals surface area contributed by atoms with Crippen molar-refractivity contribution in [1.82, 2.24) is 0 Å². The molecule has 2 unspecified atom stereocenters. The highest BCUT2D eigenvalue weighted by atomic mass is 16.7. The Kier molecular flexibility index (Phi) is 7.79. The molecule has 8 atom stereocenters. The minimum Gasteiger partial charge on any atom is -0.457 e. The molecule has 8 nitrogen and oxygen atoms in total. The average Bonchev–Trinajstić information content (AvgIpc) is 3.71. The van der Waals surface area contributed by atoms with Gasteiger partial charge in [0.15, 0.2) is 18.0 Å². The molecule has 40 heavy (non-hydrogen) atoms. The zero-order chi connectivity index (χ0) is 28.9. The number of hydrogen-bond acceptors (Lipinski definition) is 8. The Morgan fingerprint density at radius 1 is 1.12 bits per heavy atom. The maximum absolute atomic E-state index is 14.0. The molecule has 0 aliphatic heterocycles. The first-order valence-corrected chi connectivity index (χ1v) is 15.1. The number of allylic oxidation sites excluding steroid dienone is 4. The summed E-state index contributed by atoms with van der Waals surface area (Å²) in [6.45, 7) is 7.85. The fourth-order valence-corrected chi connectivity index (χ4v) is 8.64. The quantitative estimate of drug-likeness (QED) is 0.389. The van der Waals surface area contributed by atoms with E-state index < -0.39 is 41.1 Å². The molecule has 0 spiro atoms. The van der Waals surface area contributed by atoms with E-state index in [4.69, 9.17) is 14.2 Å². The van der Waals surface area contributed by atoms with Gasteiger partial charge in [-0.3, -0.25) is 14.4 Å². The lowest BCUT2D eigenvalue weighted by Crippen LogP contribution is -2.63. The van der Waals surface area contributed by atoms with E-state index in [1.54, 1.807) is 12.2 Å². The number of carbonyl (C=O) groups is 4. The number of ether oxygens (including phenoxy) is 3. The van der Waals surface area contributed by atoms with Crippen LogP contribution in [0, 0.1) is 40.4 Å². The highest BCUT2D eigenvalue weighted by Gasteiger charge is 2.70. The van der Waals surface area contributed by atoms with Crippen LogP contribution < -0.4 is 0 Å². The summed E-state index contributed by atoms with van der Waals surface area (Å²) in [6, 6.07) is 0. The van der Waals surface area contributed by atoms with E-state index in [2.05, 4.69) is 13.8 Å². The van der Waals surface area contributed by atoms with Crippen LogP contribution in [0.1, 0.15) is 85.5 Å². The molecule has 5 rings (SSSR count). The van der Waals surface area contributed by atoms with Crippen molar-refractivity contribution in [2.45, 2.75) is 97.2 Å². The highest BCUT2D eigenvalue weighted by molar-refractivity contribution is 6.01. The van der Waals surface area contributed by atoms with Gasteiger partial charge in [-0.15, -0.1) is 0 Å². The van der Waals surface area contributed by atoms with Gasteiger partial charge in [0.1, 0.15) is 0 Å². The Labute approximate surface area is 236 Å². The van der Waals surface area contributed by atoms with Gasteiger partial charge in [-0.05, 0) is 81.3 Å². The average molecular weight is 557 g/mol. The molecule has 0 bridgehead atoms. The Balaban J connectivity index is 1.43. The van der Waals surface area contributed by atoms with E-state index in [1.807, 2.05) is 19.9 Å². The van der Waals surface area contributed by atoms with Gasteiger partial charge >= 0.3 is 12.1 Å². The van der Waals surface area contributed by atoms with Gasteiger partial charge in [0, 0.05) is 16.7 Å². The molecule has 4 fully saturated rings. The maximum atomic E-state index is 14.0. The van der Waals surface area contributed by atoms with Crippen LogP contribution in [-0.2, 0) is 28.6 Å². The van der Waals surface area contributed by atoms with Crippen molar-refractivity contribution >= 4 is 23.7 Å². The van der Waals surface area contributed by atoms with Crippen LogP contribution in [-0.4, -0.2) is 53.7 Å². The smallest absolute Gasteiger partial charge is 0.457 e. The fourth-order valence-electron chi connectivity index (χ4n) is 8.64. The predicted octanol–water partition coefficient (Wildman–Crippen LogP) is 5.12. The van der Waals surface area contributed by atoms with Crippen LogP contribution in [0.25, 0.3) is 0 Å². The Morgan fingerprint density at radius 3 is 2.58 bits per heavy atom. The van der Waals surface area contributed by atoms with Crippen LogP contribution in [0.3, 0.4) is 0 Å². The normalized spacial score (nSPS) is 38.8. The summed E-state index contributed by atoms with van der Waals surface area (Å²) in [5.41, 5.74) is -1.82. The standard InChI is InChI=1S/C32H44O8/c1-5-6-19(2)17-39-29(37)40-32(26(35)18-38-28(36)20-7-8-20)14-12-24-23-10-9-21-15-22(33)11-13-30(21,3)27(23)25(34)16-31(24,32)4/h11,13,15,19-20,23-25,27,34H,5-10,12,14,16-18H2,1-4H3/t19?,23-,24-,25?,27+,30-,31-,32-/m0/s1. The van der Waals surface area contributed by atoms with Gasteiger partial charge in [0.25, 0.3) is 0 Å². The Morgan fingerprint density at radius 2 is 1.88 bits per heavy atom. The summed E-state index contributed by atoms with van der Waals surface area (Å²) in [5, 5.41) is 11.8. The molecule has 0 aromatic carbocycles. The number of rotatable bonds is 9. The summed E-state index contributed by atoms with van der Waals surface area (Å²) in [6.07, 6.45) is 9.70. The Bertz CT molecular complexity index is 1120.